The van der Waals surface area contributed by atoms with E-state index >= 15 is 0 Å². The van der Waals surface area contributed by atoms with Crippen LogP contribution in [0.1, 0.15) is 42.9 Å². The van der Waals surface area contributed by atoms with Crippen molar-refractivity contribution in [2.75, 3.05) is 6.54 Å². The molecule has 1 N–H and O–H groups in total. The Morgan fingerprint density at radius 1 is 1.38 bits per heavy atom. The second kappa shape index (κ2) is 6.20. The molecule has 0 aliphatic carbocycles. The van der Waals surface area contributed by atoms with E-state index in [0.29, 0.717) is 18.2 Å². The smallest absolute Gasteiger partial charge is 0.271 e. The van der Waals surface area contributed by atoms with Gasteiger partial charge < -0.3 is 5.32 Å². The van der Waals surface area contributed by atoms with E-state index in [1.54, 1.807) is 6.20 Å². The van der Waals surface area contributed by atoms with Gasteiger partial charge in [0.1, 0.15) is 5.69 Å². The monoisotopic (exact) mass is 221 g/mol. The van der Waals surface area contributed by atoms with Crippen LogP contribution < -0.4 is 5.32 Å². The fourth-order valence-corrected chi connectivity index (χ4v) is 1.31. The number of rotatable bonds is 5. The van der Waals surface area contributed by atoms with Crippen molar-refractivity contribution in [3.8, 4) is 0 Å². The van der Waals surface area contributed by atoms with Crippen LogP contribution in [0.2, 0.25) is 0 Å². The van der Waals surface area contributed by atoms with Crippen molar-refractivity contribution >= 4 is 5.91 Å². The Hall–Kier alpha value is -1.45. The fourth-order valence-electron chi connectivity index (χ4n) is 1.31. The molecular weight excluding hydrogens is 202 g/mol. The number of nitrogens with zero attached hydrogens (tertiary/aromatic N) is 2. The van der Waals surface area contributed by atoms with Crippen molar-refractivity contribution < 1.29 is 4.79 Å². The summed E-state index contributed by atoms with van der Waals surface area (Å²) in [5, 5.41) is 2.83. The molecule has 0 aliphatic rings. The molecule has 0 atom stereocenters. The third-order valence-electron chi connectivity index (χ3n) is 2.26. The summed E-state index contributed by atoms with van der Waals surface area (Å²) < 4.78 is 0. The van der Waals surface area contributed by atoms with E-state index in [0.717, 1.165) is 18.5 Å². The molecule has 0 aromatic carbocycles. The zero-order valence-corrected chi connectivity index (χ0v) is 10.2. The van der Waals surface area contributed by atoms with Crippen LogP contribution in [0.15, 0.2) is 12.4 Å². The van der Waals surface area contributed by atoms with Gasteiger partial charge in [-0.2, -0.15) is 0 Å². The molecular formula is C12H19N3O. The van der Waals surface area contributed by atoms with Crippen molar-refractivity contribution in [1.29, 1.82) is 0 Å². The Morgan fingerprint density at radius 2 is 2.12 bits per heavy atom. The summed E-state index contributed by atoms with van der Waals surface area (Å²) in [6.45, 7) is 6.89. The van der Waals surface area contributed by atoms with Crippen LogP contribution in [-0.4, -0.2) is 22.4 Å². The molecule has 1 rings (SSSR count). The van der Waals surface area contributed by atoms with Crippen molar-refractivity contribution in [1.82, 2.24) is 15.3 Å². The van der Waals surface area contributed by atoms with Gasteiger partial charge in [-0.15, -0.1) is 0 Å². The first kappa shape index (κ1) is 12.6. The van der Waals surface area contributed by atoms with Crippen molar-refractivity contribution in [3.63, 3.8) is 0 Å². The third-order valence-corrected chi connectivity index (χ3v) is 2.26. The molecule has 1 aromatic heterocycles. The van der Waals surface area contributed by atoms with Gasteiger partial charge >= 0.3 is 0 Å². The van der Waals surface area contributed by atoms with E-state index in [1.807, 2.05) is 6.92 Å². The highest BCUT2D eigenvalue weighted by atomic mass is 16.1. The number of aryl methyl sites for hydroxylation is 1. The van der Waals surface area contributed by atoms with Crippen LogP contribution in [0.5, 0.6) is 0 Å². The lowest BCUT2D eigenvalue weighted by molar-refractivity contribution is 0.0947. The standard InChI is InChI=1S/C12H19N3O/c1-9(2)5-4-6-13-12(16)11-8-14-10(3)7-15-11/h7-9H,4-6H2,1-3H3,(H,13,16). The van der Waals surface area contributed by atoms with Gasteiger partial charge in [0.2, 0.25) is 0 Å². The molecule has 0 saturated carbocycles. The quantitative estimate of drug-likeness (QED) is 0.773. The lowest BCUT2D eigenvalue weighted by Gasteiger charge is -2.06. The van der Waals surface area contributed by atoms with Gasteiger partial charge in [0.25, 0.3) is 5.91 Å². The molecule has 88 valence electrons. The average molecular weight is 221 g/mol. The largest absolute Gasteiger partial charge is 0.351 e. The second-order valence-corrected chi connectivity index (χ2v) is 4.33. The maximum absolute atomic E-state index is 11.6. The van der Waals surface area contributed by atoms with Crippen molar-refractivity contribution in [2.45, 2.75) is 33.6 Å². The van der Waals surface area contributed by atoms with E-state index in [9.17, 15) is 4.79 Å². The third kappa shape index (κ3) is 4.38. The van der Waals surface area contributed by atoms with Gasteiger partial charge in [-0.3, -0.25) is 9.78 Å². The first-order valence-corrected chi connectivity index (χ1v) is 5.66. The fraction of sp³-hybridized carbons (Fsp3) is 0.583. The lowest BCUT2D eigenvalue weighted by atomic mass is 10.1. The van der Waals surface area contributed by atoms with Gasteiger partial charge in [0, 0.05) is 12.7 Å². The van der Waals surface area contributed by atoms with E-state index in [-0.39, 0.29) is 5.91 Å². The first-order chi connectivity index (χ1) is 7.59. The summed E-state index contributed by atoms with van der Waals surface area (Å²) in [5.41, 5.74) is 1.20. The minimum atomic E-state index is -0.142. The van der Waals surface area contributed by atoms with Gasteiger partial charge in [0.05, 0.1) is 11.9 Å². The SMILES string of the molecule is Cc1cnc(C(=O)NCCCC(C)C)cn1. The first-order valence-electron chi connectivity index (χ1n) is 5.66. The van der Waals surface area contributed by atoms with Crippen LogP contribution in [0.25, 0.3) is 0 Å². The van der Waals surface area contributed by atoms with Crippen LogP contribution in [-0.2, 0) is 0 Å². The second-order valence-electron chi connectivity index (χ2n) is 4.33. The van der Waals surface area contributed by atoms with E-state index in [1.165, 1.54) is 6.20 Å². The summed E-state index contributed by atoms with van der Waals surface area (Å²) in [6.07, 6.45) is 5.23. The van der Waals surface area contributed by atoms with Gasteiger partial charge in [-0.25, -0.2) is 4.98 Å². The topological polar surface area (TPSA) is 54.9 Å². The van der Waals surface area contributed by atoms with Gasteiger partial charge in [0.15, 0.2) is 0 Å². The summed E-state index contributed by atoms with van der Waals surface area (Å²) in [6, 6.07) is 0. The van der Waals surface area contributed by atoms with E-state index in [2.05, 4.69) is 29.1 Å². The van der Waals surface area contributed by atoms with E-state index < -0.39 is 0 Å². The number of hydrogen-bond acceptors (Lipinski definition) is 3. The summed E-state index contributed by atoms with van der Waals surface area (Å²) in [7, 11) is 0. The normalized spacial score (nSPS) is 10.5. The Kier molecular flexibility index (Phi) is 4.89. The van der Waals surface area contributed by atoms with Crippen LogP contribution in [0.3, 0.4) is 0 Å². The molecule has 0 bridgehead atoms. The number of amides is 1. The lowest BCUT2D eigenvalue weighted by Crippen LogP contribution is -2.25. The highest BCUT2D eigenvalue weighted by Crippen LogP contribution is 2.02. The number of aromatic nitrogens is 2. The zero-order valence-electron chi connectivity index (χ0n) is 10.2. The number of nitrogens with one attached hydrogen (secondary N) is 1. The number of carbonyl (C=O) groups is 1. The van der Waals surface area contributed by atoms with Gasteiger partial charge in [-0.05, 0) is 25.7 Å². The number of carbonyl (C=O) groups excluding carboxylic acids is 1. The summed E-state index contributed by atoms with van der Waals surface area (Å²) in [5.74, 6) is 0.535. The molecule has 4 nitrogen and oxygen atoms in total. The maximum atomic E-state index is 11.6. The Balaban J connectivity index is 2.32. The Labute approximate surface area is 96.5 Å². The molecule has 1 aromatic rings. The minimum Gasteiger partial charge on any atom is -0.351 e. The zero-order chi connectivity index (χ0) is 12.0. The molecule has 16 heavy (non-hydrogen) atoms. The van der Waals surface area contributed by atoms with Crippen LogP contribution in [0.4, 0.5) is 0 Å². The molecule has 4 heteroatoms. The highest BCUT2D eigenvalue weighted by Gasteiger charge is 2.06. The maximum Gasteiger partial charge on any atom is 0.271 e. The molecule has 0 saturated heterocycles. The van der Waals surface area contributed by atoms with Crippen LogP contribution in [0, 0.1) is 12.8 Å². The Bertz CT molecular complexity index is 333. The van der Waals surface area contributed by atoms with Gasteiger partial charge in [-0.1, -0.05) is 13.8 Å². The van der Waals surface area contributed by atoms with Crippen LogP contribution >= 0.6 is 0 Å². The highest BCUT2D eigenvalue weighted by molar-refractivity contribution is 5.91. The van der Waals surface area contributed by atoms with Crippen molar-refractivity contribution in [3.05, 3.63) is 23.8 Å². The predicted molar refractivity (Wildman–Crippen MR) is 63.2 cm³/mol. The predicted octanol–water partition coefficient (Wildman–Crippen LogP) is 1.95. The van der Waals surface area contributed by atoms with Crippen molar-refractivity contribution in [2.24, 2.45) is 5.92 Å². The summed E-state index contributed by atoms with van der Waals surface area (Å²) in [4.78, 5) is 19.6. The summed E-state index contributed by atoms with van der Waals surface area (Å²) >= 11 is 0. The minimum absolute atomic E-state index is 0.142. The molecule has 1 heterocycles. The molecule has 0 spiro atoms. The average Bonchev–Trinajstić information content (AvgIpc) is 2.25. The molecule has 0 aliphatic heterocycles. The number of hydrogen-bond donors (Lipinski definition) is 1. The van der Waals surface area contributed by atoms with E-state index in [4.69, 9.17) is 0 Å². The Morgan fingerprint density at radius 3 is 2.69 bits per heavy atom. The molecule has 0 fully saturated rings. The molecule has 1 amide bonds. The molecule has 0 unspecified atom stereocenters. The molecule has 0 radical (unpaired) electrons.